The number of unbranched alkanes of at least 4 members (excludes halogenated alkanes) is 2. The summed E-state index contributed by atoms with van der Waals surface area (Å²) < 4.78 is 16.1. The molecule has 0 fully saturated rings. The number of hydrogen-bond donors (Lipinski definition) is 0. The highest BCUT2D eigenvalue weighted by Crippen LogP contribution is 2.37. The van der Waals surface area contributed by atoms with Crippen LogP contribution in [0.5, 0.6) is 0 Å². The molecular formula is C23H31NO6. The minimum atomic E-state index is -0.584. The summed E-state index contributed by atoms with van der Waals surface area (Å²) in [6, 6.07) is 7.42. The van der Waals surface area contributed by atoms with Crippen LogP contribution in [0, 0.1) is 0 Å². The van der Waals surface area contributed by atoms with Gasteiger partial charge in [0.15, 0.2) is 0 Å². The van der Waals surface area contributed by atoms with Gasteiger partial charge < -0.3 is 14.2 Å². The summed E-state index contributed by atoms with van der Waals surface area (Å²) in [7, 11) is 0. The first-order valence-electron chi connectivity index (χ1n) is 10.3. The van der Waals surface area contributed by atoms with Gasteiger partial charge in [-0.1, -0.05) is 24.8 Å². The van der Waals surface area contributed by atoms with Crippen molar-refractivity contribution in [2.75, 3.05) is 18.1 Å². The number of benzene rings is 1. The lowest BCUT2D eigenvalue weighted by atomic mass is 9.99. The smallest absolute Gasteiger partial charge is 0.414 e. The average Bonchev–Trinajstić information content (AvgIpc) is 2.69. The topological polar surface area (TPSA) is 82.1 Å². The molecular weight excluding hydrogens is 386 g/mol. The molecule has 1 aliphatic rings. The van der Waals surface area contributed by atoms with Crippen molar-refractivity contribution in [1.82, 2.24) is 0 Å². The molecule has 1 atom stereocenters. The quantitative estimate of drug-likeness (QED) is 0.264. The zero-order chi connectivity index (χ0) is 22.1. The molecule has 0 aromatic heterocycles. The number of nitrogens with zero attached hydrogens (tertiary/aromatic N) is 1. The number of para-hydroxylation sites is 1. The number of amides is 1. The van der Waals surface area contributed by atoms with Gasteiger partial charge in [-0.2, -0.15) is 0 Å². The third-order valence-electron chi connectivity index (χ3n) is 4.51. The second kappa shape index (κ2) is 10.8. The van der Waals surface area contributed by atoms with Crippen LogP contribution in [0.25, 0.3) is 0 Å². The van der Waals surface area contributed by atoms with E-state index >= 15 is 0 Å². The molecule has 0 saturated carbocycles. The first-order chi connectivity index (χ1) is 14.2. The van der Waals surface area contributed by atoms with Gasteiger partial charge in [0.25, 0.3) is 0 Å². The van der Waals surface area contributed by atoms with Gasteiger partial charge in [0.2, 0.25) is 0 Å². The van der Waals surface area contributed by atoms with E-state index in [0.29, 0.717) is 44.5 Å². The maximum Gasteiger partial charge on any atom is 0.414 e. The molecule has 7 nitrogen and oxygen atoms in total. The van der Waals surface area contributed by atoms with Gasteiger partial charge in [0, 0.05) is 31.0 Å². The van der Waals surface area contributed by atoms with Crippen molar-refractivity contribution in [3.8, 4) is 0 Å². The van der Waals surface area contributed by atoms with Gasteiger partial charge in [0.1, 0.15) is 11.7 Å². The lowest BCUT2D eigenvalue weighted by Crippen LogP contribution is -2.41. The largest absolute Gasteiger partial charge is 0.463 e. The predicted octanol–water partition coefficient (Wildman–Crippen LogP) is 4.71. The number of rotatable bonds is 8. The third-order valence-corrected chi connectivity index (χ3v) is 4.51. The Labute approximate surface area is 178 Å². The van der Waals surface area contributed by atoms with Crippen LogP contribution in [0.3, 0.4) is 0 Å². The van der Waals surface area contributed by atoms with Gasteiger partial charge in [-0.25, -0.2) is 9.59 Å². The Kier molecular flexibility index (Phi) is 8.45. The second-order valence-electron chi connectivity index (χ2n) is 8.14. The summed E-state index contributed by atoms with van der Waals surface area (Å²) in [6.07, 6.45) is 3.24. The lowest BCUT2D eigenvalue weighted by molar-refractivity contribution is -0.150. The summed E-state index contributed by atoms with van der Waals surface area (Å²) >= 11 is 0. The van der Waals surface area contributed by atoms with Crippen molar-refractivity contribution in [1.29, 1.82) is 0 Å². The van der Waals surface area contributed by atoms with Gasteiger partial charge in [-0.15, -0.1) is 0 Å². The molecule has 1 amide bonds. The molecule has 1 aliphatic heterocycles. The van der Waals surface area contributed by atoms with E-state index in [-0.39, 0.29) is 12.1 Å². The highest BCUT2D eigenvalue weighted by molar-refractivity contribution is 5.89. The number of esters is 2. The number of hydrogen-bond acceptors (Lipinski definition) is 6. The Bertz CT molecular complexity index is 767. The fraction of sp³-hybridized carbons (Fsp3) is 0.522. The number of anilines is 1. The molecule has 0 spiro atoms. The van der Waals surface area contributed by atoms with Gasteiger partial charge in [-0.05, 0) is 46.1 Å². The molecule has 1 aromatic rings. The van der Waals surface area contributed by atoms with Crippen molar-refractivity contribution in [2.24, 2.45) is 0 Å². The standard InChI is InChI=1S/C23H31NO6/c1-5-20(25)28-16-10-6-7-13-21(26)29-19-14-15-24(22(27)30-23(2,3)4)18-12-9-8-11-17(18)19/h5,8-9,11-12,19H,1,6-7,10,13-16H2,2-4H3/t19-/m1/s1. The van der Waals surface area contributed by atoms with Crippen LogP contribution in [0.15, 0.2) is 36.9 Å². The van der Waals surface area contributed by atoms with Crippen molar-refractivity contribution in [3.05, 3.63) is 42.5 Å². The highest BCUT2D eigenvalue weighted by Gasteiger charge is 2.32. The Morgan fingerprint density at radius 2 is 1.90 bits per heavy atom. The van der Waals surface area contributed by atoms with E-state index in [0.717, 1.165) is 18.1 Å². The first kappa shape index (κ1) is 23.4. The third kappa shape index (κ3) is 7.21. The monoisotopic (exact) mass is 417 g/mol. The SMILES string of the molecule is C=CC(=O)OCCCCCC(=O)O[C@@H]1CCN(C(=O)OC(C)(C)C)c2ccccc21. The summed E-state index contributed by atoms with van der Waals surface area (Å²) in [5.74, 6) is -0.714. The Morgan fingerprint density at radius 1 is 1.17 bits per heavy atom. The molecule has 0 N–H and O–H groups in total. The maximum absolute atomic E-state index is 12.6. The molecule has 1 heterocycles. The van der Waals surface area contributed by atoms with Gasteiger partial charge >= 0.3 is 18.0 Å². The molecule has 0 bridgehead atoms. The van der Waals surface area contributed by atoms with E-state index in [1.807, 2.05) is 45.0 Å². The van der Waals surface area contributed by atoms with E-state index in [2.05, 4.69) is 6.58 Å². The second-order valence-corrected chi connectivity index (χ2v) is 8.14. The van der Waals surface area contributed by atoms with Crippen LogP contribution in [0.2, 0.25) is 0 Å². The zero-order valence-electron chi connectivity index (χ0n) is 18.0. The fourth-order valence-electron chi connectivity index (χ4n) is 3.15. The van der Waals surface area contributed by atoms with E-state index in [4.69, 9.17) is 14.2 Å². The molecule has 0 saturated heterocycles. The first-order valence-corrected chi connectivity index (χ1v) is 10.3. The average molecular weight is 418 g/mol. The Hall–Kier alpha value is -2.83. The normalized spacial score (nSPS) is 15.7. The number of fused-ring (bicyclic) bond motifs is 1. The van der Waals surface area contributed by atoms with Crippen LogP contribution >= 0.6 is 0 Å². The molecule has 2 rings (SSSR count). The molecule has 0 unspecified atom stereocenters. The minimum absolute atomic E-state index is 0.274. The lowest BCUT2D eigenvalue weighted by Gasteiger charge is -2.35. The number of carbonyl (C=O) groups excluding carboxylic acids is 3. The predicted molar refractivity (Wildman–Crippen MR) is 113 cm³/mol. The summed E-state index contributed by atoms with van der Waals surface area (Å²) in [5.41, 5.74) is 0.929. The van der Waals surface area contributed by atoms with Crippen LogP contribution in [0.1, 0.15) is 64.5 Å². The Morgan fingerprint density at radius 3 is 2.60 bits per heavy atom. The maximum atomic E-state index is 12.6. The molecule has 1 aromatic carbocycles. The van der Waals surface area contributed by atoms with Crippen LogP contribution in [0.4, 0.5) is 10.5 Å². The van der Waals surface area contributed by atoms with Crippen LogP contribution in [-0.4, -0.2) is 36.8 Å². The van der Waals surface area contributed by atoms with E-state index < -0.39 is 17.7 Å². The summed E-state index contributed by atoms with van der Waals surface area (Å²) in [4.78, 5) is 37.4. The minimum Gasteiger partial charge on any atom is -0.463 e. The van der Waals surface area contributed by atoms with E-state index in [1.165, 1.54) is 0 Å². The van der Waals surface area contributed by atoms with Crippen molar-refractivity contribution in [3.63, 3.8) is 0 Å². The number of ether oxygens (including phenoxy) is 3. The molecule has 7 heteroatoms. The summed E-state index contributed by atoms with van der Waals surface area (Å²) in [5, 5.41) is 0. The summed E-state index contributed by atoms with van der Waals surface area (Å²) in [6.45, 7) is 9.55. The van der Waals surface area contributed by atoms with E-state index in [1.54, 1.807) is 4.90 Å². The van der Waals surface area contributed by atoms with Crippen molar-refractivity contribution >= 4 is 23.7 Å². The van der Waals surface area contributed by atoms with Crippen molar-refractivity contribution < 1.29 is 28.6 Å². The molecule has 164 valence electrons. The highest BCUT2D eigenvalue weighted by atomic mass is 16.6. The molecule has 30 heavy (non-hydrogen) atoms. The molecule has 0 radical (unpaired) electrons. The zero-order valence-corrected chi connectivity index (χ0v) is 18.0. The fourth-order valence-corrected chi connectivity index (χ4v) is 3.15. The number of carbonyl (C=O) groups is 3. The van der Waals surface area contributed by atoms with Crippen LogP contribution < -0.4 is 4.90 Å². The van der Waals surface area contributed by atoms with E-state index in [9.17, 15) is 14.4 Å². The van der Waals surface area contributed by atoms with Gasteiger partial charge in [-0.3, -0.25) is 9.69 Å². The van der Waals surface area contributed by atoms with Crippen molar-refractivity contribution in [2.45, 2.75) is 64.6 Å². The molecule has 0 aliphatic carbocycles. The van der Waals surface area contributed by atoms with Gasteiger partial charge in [0.05, 0.1) is 12.3 Å². The van der Waals surface area contributed by atoms with Crippen LogP contribution in [-0.2, 0) is 23.8 Å². The Balaban J connectivity index is 1.87.